The zero-order chi connectivity index (χ0) is 13.7. The molecule has 0 aromatic rings. The van der Waals surface area contributed by atoms with Gasteiger partial charge in [-0.2, -0.15) is 0 Å². The van der Waals surface area contributed by atoms with Crippen LogP contribution in [0.5, 0.6) is 0 Å². The minimum atomic E-state index is -0.240. The second-order valence-corrected chi connectivity index (χ2v) is 5.89. The average Bonchev–Trinajstić information content (AvgIpc) is 2.89. The third-order valence-corrected chi connectivity index (χ3v) is 3.57. The first-order valence-electron chi connectivity index (χ1n) is 7.38. The number of hydrogen-bond donors (Lipinski definition) is 1. The number of nitrogens with zero attached hydrogens (tertiary/aromatic N) is 1. The molecule has 1 amide bonds. The molecule has 2 atom stereocenters. The monoisotopic (exact) mass is 270 g/mol. The second-order valence-electron chi connectivity index (χ2n) is 5.89. The maximum atomic E-state index is 11.8. The van der Waals surface area contributed by atoms with Crippen LogP contribution in [0.25, 0.3) is 0 Å². The molecule has 2 heterocycles. The van der Waals surface area contributed by atoms with Gasteiger partial charge in [-0.3, -0.25) is 9.69 Å². The minimum absolute atomic E-state index is 0.0158. The van der Waals surface area contributed by atoms with Crippen molar-refractivity contribution >= 4 is 5.91 Å². The molecule has 2 fully saturated rings. The van der Waals surface area contributed by atoms with Crippen LogP contribution in [0.2, 0.25) is 0 Å². The Bertz CT molecular complexity index is 290. The highest BCUT2D eigenvalue weighted by Crippen LogP contribution is 2.12. The van der Waals surface area contributed by atoms with Crippen LogP contribution in [0.15, 0.2) is 0 Å². The van der Waals surface area contributed by atoms with Crippen molar-refractivity contribution in [3.63, 3.8) is 0 Å². The van der Waals surface area contributed by atoms with Gasteiger partial charge in [-0.1, -0.05) is 13.8 Å². The highest BCUT2D eigenvalue weighted by Gasteiger charge is 2.26. The summed E-state index contributed by atoms with van der Waals surface area (Å²) in [6.45, 7) is 9.51. The Balaban J connectivity index is 1.68. The highest BCUT2D eigenvalue weighted by molar-refractivity contribution is 5.80. The SMILES string of the molecule is CC(C)CN1CCOC(CNC(=O)C2CCCO2)C1. The molecule has 5 heteroatoms. The molecule has 0 bridgehead atoms. The molecule has 5 nitrogen and oxygen atoms in total. The normalized spacial score (nSPS) is 28.8. The largest absolute Gasteiger partial charge is 0.374 e. The van der Waals surface area contributed by atoms with Crippen molar-refractivity contribution in [1.82, 2.24) is 10.2 Å². The van der Waals surface area contributed by atoms with Crippen molar-refractivity contribution in [2.24, 2.45) is 5.92 Å². The first-order chi connectivity index (χ1) is 9.15. The van der Waals surface area contributed by atoms with E-state index in [0.29, 0.717) is 19.1 Å². The van der Waals surface area contributed by atoms with Crippen LogP contribution in [0.1, 0.15) is 26.7 Å². The van der Waals surface area contributed by atoms with E-state index in [9.17, 15) is 4.79 Å². The molecular formula is C14H26N2O3. The molecule has 2 aliphatic heterocycles. The van der Waals surface area contributed by atoms with Crippen LogP contribution in [0.4, 0.5) is 0 Å². The van der Waals surface area contributed by atoms with Gasteiger partial charge in [0, 0.05) is 32.8 Å². The van der Waals surface area contributed by atoms with Gasteiger partial charge in [-0.25, -0.2) is 0 Å². The number of morpholine rings is 1. The summed E-state index contributed by atoms with van der Waals surface area (Å²) in [5.74, 6) is 0.683. The molecule has 0 saturated carbocycles. The first-order valence-corrected chi connectivity index (χ1v) is 7.38. The van der Waals surface area contributed by atoms with E-state index < -0.39 is 0 Å². The molecule has 0 spiro atoms. The minimum Gasteiger partial charge on any atom is -0.374 e. The van der Waals surface area contributed by atoms with Crippen LogP contribution in [0.3, 0.4) is 0 Å². The lowest BCUT2D eigenvalue weighted by molar-refractivity contribution is -0.131. The smallest absolute Gasteiger partial charge is 0.249 e. The van der Waals surface area contributed by atoms with Gasteiger partial charge in [0.2, 0.25) is 5.91 Å². The van der Waals surface area contributed by atoms with Gasteiger partial charge < -0.3 is 14.8 Å². The summed E-state index contributed by atoms with van der Waals surface area (Å²) in [4.78, 5) is 14.3. The Hall–Kier alpha value is -0.650. The van der Waals surface area contributed by atoms with E-state index in [1.807, 2.05) is 0 Å². The zero-order valence-electron chi connectivity index (χ0n) is 12.1. The summed E-state index contributed by atoms with van der Waals surface area (Å²) in [5, 5.41) is 2.95. The fraction of sp³-hybridized carbons (Fsp3) is 0.929. The molecule has 2 saturated heterocycles. The average molecular weight is 270 g/mol. The van der Waals surface area contributed by atoms with Gasteiger partial charge in [0.25, 0.3) is 0 Å². The molecule has 0 aromatic carbocycles. The topological polar surface area (TPSA) is 50.8 Å². The van der Waals surface area contributed by atoms with Crippen LogP contribution in [-0.4, -0.2) is 62.4 Å². The van der Waals surface area contributed by atoms with Crippen molar-refractivity contribution in [2.75, 3.05) is 39.4 Å². The fourth-order valence-corrected chi connectivity index (χ4v) is 2.70. The van der Waals surface area contributed by atoms with Crippen molar-refractivity contribution in [2.45, 2.75) is 38.9 Å². The van der Waals surface area contributed by atoms with E-state index in [1.165, 1.54) is 0 Å². The number of carbonyl (C=O) groups is 1. The van der Waals surface area contributed by atoms with Crippen LogP contribution in [0, 0.1) is 5.92 Å². The zero-order valence-corrected chi connectivity index (χ0v) is 12.1. The van der Waals surface area contributed by atoms with Crippen molar-refractivity contribution in [1.29, 1.82) is 0 Å². The number of nitrogens with one attached hydrogen (secondary N) is 1. The number of carbonyl (C=O) groups excluding carboxylic acids is 1. The Labute approximate surface area is 115 Å². The van der Waals surface area contributed by atoms with Gasteiger partial charge in [-0.15, -0.1) is 0 Å². The molecule has 2 unspecified atom stereocenters. The van der Waals surface area contributed by atoms with Crippen LogP contribution >= 0.6 is 0 Å². The quantitative estimate of drug-likeness (QED) is 0.796. The Morgan fingerprint density at radius 3 is 2.89 bits per heavy atom. The van der Waals surface area contributed by atoms with E-state index in [1.54, 1.807) is 0 Å². The van der Waals surface area contributed by atoms with Gasteiger partial charge >= 0.3 is 0 Å². The van der Waals surface area contributed by atoms with E-state index in [2.05, 4.69) is 24.1 Å². The third kappa shape index (κ3) is 4.75. The van der Waals surface area contributed by atoms with Gasteiger partial charge in [0.1, 0.15) is 6.10 Å². The molecule has 0 aliphatic carbocycles. The number of rotatable bonds is 5. The lowest BCUT2D eigenvalue weighted by Crippen LogP contribution is -2.49. The fourth-order valence-electron chi connectivity index (χ4n) is 2.70. The summed E-state index contributed by atoms with van der Waals surface area (Å²) in [6, 6.07) is 0. The Kier molecular flexibility index (Phi) is 5.60. The van der Waals surface area contributed by atoms with E-state index in [-0.39, 0.29) is 18.1 Å². The van der Waals surface area contributed by atoms with Gasteiger partial charge in [0.05, 0.1) is 12.7 Å². The van der Waals surface area contributed by atoms with Gasteiger partial charge in [-0.05, 0) is 18.8 Å². The summed E-state index contributed by atoms with van der Waals surface area (Å²) < 4.78 is 11.1. The highest BCUT2D eigenvalue weighted by atomic mass is 16.5. The van der Waals surface area contributed by atoms with Crippen LogP contribution in [-0.2, 0) is 14.3 Å². The molecule has 19 heavy (non-hydrogen) atoms. The molecular weight excluding hydrogens is 244 g/mol. The predicted molar refractivity (Wildman–Crippen MR) is 73.0 cm³/mol. The Morgan fingerprint density at radius 1 is 1.37 bits per heavy atom. The number of ether oxygens (including phenoxy) is 2. The van der Waals surface area contributed by atoms with Crippen molar-refractivity contribution < 1.29 is 14.3 Å². The summed E-state index contributed by atoms with van der Waals surface area (Å²) in [5.41, 5.74) is 0. The van der Waals surface area contributed by atoms with Gasteiger partial charge in [0.15, 0.2) is 0 Å². The third-order valence-electron chi connectivity index (χ3n) is 3.57. The summed E-state index contributed by atoms with van der Waals surface area (Å²) in [6.07, 6.45) is 1.70. The summed E-state index contributed by atoms with van der Waals surface area (Å²) >= 11 is 0. The maximum absolute atomic E-state index is 11.8. The number of hydrogen-bond acceptors (Lipinski definition) is 4. The lowest BCUT2D eigenvalue weighted by atomic mass is 10.1. The van der Waals surface area contributed by atoms with Crippen molar-refractivity contribution in [3.05, 3.63) is 0 Å². The molecule has 110 valence electrons. The van der Waals surface area contributed by atoms with E-state index in [0.717, 1.165) is 39.1 Å². The molecule has 1 N–H and O–H groups in total. The molecule has 2 aliphatic rings. The number of amides is 1. The standard InChI is InChI=1S/C14H26N2O3/c1-11(2)9-16-5-7-18-12(10-16)8-15-14(17)13-4-3-6-19-13/h11-13H,3-10H2,1-2H3,(H,15,17). The van der Waals surface area contributed by atoms with E-state index in [4.69, 9.17) is 9.47 Å². The maximum Gasteiger partial charge on any atom is 0.249 e. The van der Waals surface area contributed by atoms with Crippen molar-refractivity contribution in [3.8, 4) is 0 Å². The first kappa shape index (κ1) is 14.8. The molecule has 2 rings (SSSR count). The van der Waals surface area contributed by atoms with Crippen LogP contribution < -0.4 is 5.32 Å². The Morgan fingerprint density at radius 2 is 2.21 bits per heavy atom. The predicted octanol–water partition coefficient (Wildman–Crippen LogP) is 0.638. The molecule has 0 radical (unpaired) electrons. The van der Waals surface area contributed by atoms with E-state index >= 15 is 0 Å². The summed E-state index contributed by atoms with van der Waals surface area (Å²) in [7, 11) is 0. The lowest BCUT2D eigenvalue weighted by Gasteiger charge is -2.34. The second kappa shape index (κ2) is 7.22. The molecule has 0 aromatic heterocycles.